The van der Waals surface area contributed by atoms with E-state index in [2.05, 4.69) is 44.8 Å². The fourth-order valence-electron chi connectivity index (χ4n) is 2.74. The van der Waals surface area contributed by atoms with Gasteiger partial charge >= 0.3 is 5.97 Å². The standard InChI is InChI=1S/C17H36N2O2/c1-8-19(15(5)6)13-11-10-12-17(7,18-14(3)4)16(20)21-9-2/h14-15,18H,8-13H2,1-7H3. The van der Waals surface area contributed by atoms with Crippen molar-refractivity contribution in [3.8, 4) is 0 Å². The number of ether oxygens (including phenoxy) is 1. The van der Waals surface area contributed by atoms with E-state index in [1.54, 1.807) is 0 Å². The SMILES string of the molecule is CCOC(=O)C(C)(CCCCN(CC)C(C)C)NC(C)C. The van der Waals surface area contributed by atoms with Gasteiger partial charge in [0.25, 0.3) is 0 Å². The summed E-state index contributed by atoms with van der Waals surface area (Å²) in [6, 6.07) is 0.849. The van der Waals surface area contributed by atoms with Crippen molar-refractivity contribution >= 4 is 5.97 Å². The van der Waals surface area contributed by atoms with Crippen molar-refractivity contribution < 1.29 is 9.53 Å². The van der Waals surface area contributed by atoms with Gasteiger partial charge in [0.1, 0.15) is 5.54 Å². The second-order valence-corrected chi connectivity index (χ2v) is 6.53. The van der Waals surface area contributed by atoms with Crippen molar-refractivity contribution in [2.45, 2.75) is 85.4 Å². The quantitative estimate of drug-likeness (QED) is 0.470. The van der Waals surface area contributed by atoms with Crippen LogP contribution >= 0.6 is 0 Å². The van der Waals surface area contributed by atoms with Crippen molar-refractivity contribution in [3.05, 3.63) is 0 Å². The molecule has 0 aliphatic rings. The number of carbonyl (C=O) groups is 1. The van der Waals surface area contributed by atoms with E-state index in [1.165, 1.54) is 0 Å². The van der Waals surface area contributed by atoms with Crippen LogP contribution in [0.4, 0.5) is 0 Å². The molecular formula is C17H36N2O2. The Bertz CT molecular complexity index is 293. The summed E-state index contributed by atoms with van der Waals surface area (Å²) < 4.78 is 5.23. The minimum absolute atomic E-state index is 0.130. The lowest BCUT2D eigenvalue weighted by Gasteiger charge is -2.31. The average molecular weight is 300 g/mol. The smallest absolute Gasteiger partial charge is 0.326 e. The van der Waals surface area contributed by atoms with Gasteiger partial charge in [0.15, 0.2) is 0 Å². The van der Waals surface area contributed by atoms with Crippen LogP contribution in [0, 0.1) is 0 Å². The number of unbranched alkanes of at least 4 members (excludes halogenated alkanes) is 1. The topological polar surface area (TPSA) is 41.6 Å². The number of hydrogen-bond donors (Lipinski definition) is 1. The fourth-order valence-corrected chi connectivity index (χ4v) is 2.74. The summed E-state index contributed by atoms with van der Waals surface area (Å²) in [5.41, 5.74) is -0.570. The van der Waals surface area contributed by atoms with Gasteiger partial charge in [-0.2, -0.15) is 0 Å². The van der Waals surface area contributed by atoms with E-state index >= 15 is 0 Å². The lowest BCUT2D eigenvalue weighted by Crippen LogP contribution is -2.53. The molecule has 0 aromatic rings. The van der Waals surface area contributed by atoms with Crippen LogP contribution in [-0.4, -0.2) is 48.2 Å². The molecule has 0 spiro atoms. The number of hydrogen-bond acceptors (Lipinski definition) is 4. The summed E-state index contributed by atoms with van der Waals surface area (Å²) >= 11 is 0. The minimum atomic E-state index is -0.570. The van der Waals surface area contributed by atoms with Crippen LogP contribution in [0.15, 0.2) is 0 Å². The molecule has 0 saturated heterocycles. The fraction of sp³-hybridized carbons (Fsp3) is 0.941. The highest BCUT2D eigenvalue weighted by molar-refractivity contribution is 5.80. The number of carbonyl (C=O) groups excluding carboxylic acids is 1. The highest BCUT2D eigenvalue weighted by atomic mass is 16.5. The molecule has 0 aliphatic heterocycles. The third kappa shape index (κ3) is 7.82. The maximum absolute atomic E-state index is 12.2. The van der Waals surface area contributed by atoms with Crippen LogP contribution < -0.4 is 5.32 Å². The monoisotopic (exact) mass is 300 g/mol. The number of rotatable bonds is 11. The lowest BCUT2D eigenvalue weighted by atomic mass is 9.93. The van der Waals surface area contributed by atoms with Crippen molar-refractivity contribution in [1.82, 2.24) is 10.2 Å². The Morgan fingerprint density at radius 1 is 1.19 bits per heavy atom. The van der Waals surface area contributed by atoms with Crippen LogP contribution in [0.5, 0.6) is 0 Å². The molecule has 0 aromatic carbocycles. The Labute approximate surface area is 131 Å². The molecule has 21 heavy (non-hydrogen) atoms. The number of esters is 1. The second-order valence-electron chi connectivity index (χ2n) is 6.53. The van der Waals surface area contributed by atoms with Gasteiger partial charge in [-0.25, -0.2) is 0 Å². The lowest BCUT2D eigenvalue weighted by molar-refractivity contribution is -0.151. The maximum atomic E-state index is 12.2. The van der Waals surface area contributed by atoms with E-state index < -0.39 is 5.54 Å². The highest BCUT2D eigenvalue weighted by Gasteiger charge is 2.34. The minimum Gasteiger partial charge on any atom is -0.465 e. The van der Waals surface area contributed by atoms with E-state index in [0.717, 1.165) is 32.4 Å². The molecule has 0 heterocycles. The molecule has 4 nitrogen and oxygen atoms in total. The Kier molecular flexibility index (Phi) is 9.88. The van der Waals surface area contributed by atoms with E-state index in [1.807, 2.05) is 13.8 Å². The van der Waals surface area contributed by atoms with E-state index in [4.69, 9.17) is 4.74 Å². The summed E-state index contributed by atoms with van der Waals surface area (Å²) in [4.78, 5) is 14.7. The first-order valence-corrected chi connectivity index (χ1v) is 8.45. The molecule has 0 fully saturated rings. The molecule has 0 aliphatic carbocycles. The van der Waals surface area contributed by atoms with Crippen LogP contribution in [0.2, 0.25) is 0 Å². The predicted molar refractivity (Wildman–Crippen MR) is 89.5 cm³/mol. The Balaban J connectivity index is 4.39. The number of nitrogens with zero attached hydrogens (tertiary/aromatic N) is 1. The van der Waals surface area contributed by atoms with Crippen LogP contribution in [0.25, 0.3) is 0 Å². The van der Waals surface area contributed by atoms with Gasteiger partial charge in [-0.1, -0.05) is 6.92 Å². The maximum Gasteiger partial charge on any atom is 0.326 e. The predicted octanol–water partition coefficient (Wildman–Crippen LogP) is 3.21. The Morgan fingerprint density at radius 3 is 2.24 bits per heavy atom. The normalized spacial score (nSPS) is 14.8. The Hall–Kier alpha value is -0.610. The zero-order valence-electron chi connectivity index (χ0n) is 15.2. The van der Waals surface area contributed by atoms with Crippen molar-refractivity contribution in [1.29, 1.82) is 0 Å². The zero-order valence-corrected chi connectivity index (χ0v) is 15.2. The first kappa shape index (κ1) is 20.4. The second kappa shape index (κ2) is 10.2. The third-order valence-corrected chi connectivity index (χ3v) is 3.84. The van der Waals surface area contributed by atoms with E-state index in [9.17, 15) is 4.79 Å². The largest absolute Gasteiger partial charge is 0.465 e. The molecule has 1 atom stereocenters. The highest BCUT2D eigenvalue weighted by Crippen LogP contribution is 2.18. The summed E-state index contributed by atoms with van der Waals surface area (Å²) in [6.45, 7) is 17.2. The van der Waals surface area contributed by atoms with E-state index in [0.29, 0.717) is 12.6 Å². The molecule has 0 bridgehead atoms. The third-order valence-electron chi connectivity index (χ3n) is 3.84. The zero-order chi connectivity index (χ0) is 16.5. The average Bonchev–Trinajstić information content (AvgIpc) is 2.37. The summed E-state index contributed by atoms with van der Waals surface area (Å²) in [7, 11) is 0. The first-order chi connectivity index (χ1) is 9.76. The number of nitrogens with one attached hydrogen (secondary N) is 1. The van der Waals surface area contributed by atoms with Gasteiger partial charge in [0, 0.05) is 12.1 Å². The van der Waals surface area contributed by atoms with Crippen LogP contribution in [0.3, 0.4) is 0 Å². The van der Waals surface area contributed by atoms with Crippen molar-refractivity contribution in [2.24, 2.45) is 0 Å². The van der Waals surface area contributed by atoms with Gasteiger partial charge in [-0.05, 0) is 73.9 Å². The molecule has 0 saturated carbocycles. The molecular weight excluding hydrogens is 264 g/mol. The van der Waals surface area contributed by atoms with Crippen LogP contribution in [-0.2, 0) is 9.53 Å². The summed E-state index contributed by atoms with van der Waals surface area (Å²) in [6.07, 6.45) is 2.96. The first-order valence-electron chi connectivity index (χ1n) is 8.45. The molecule has 0 rings (SSSR count). The van der Waals surface area contributed by atoms with Crippen LogP contribution in [0.1, 0.15) is 67.7 Å². The molecule has 0 amide bonds. The van der Waals surface area contributed by atoms with Gasteiger partial charge in [-0.15, -0.1) is 0 Å². The Morgan fingerprint density at radius 2 is 1.81 bits per heavy atom. The molecule has 0 radical (unpaired) electrons. The molecule has 1 unspecified atom stereocenters. The van der Waals surface area contributed by atoms with Gasteiger partial charge in [0.2, 0.25) is 0 Å². The molecule has 4 heteroatoms. The summed E-state index contributed by atoms with van der Waals surface area (Å²) in [5, 5.41) is 3.38. The van der Waals surface area contributed by atoms with Crippen molar-refractivity contribution in [2.75, 3.05) is 19.7 Å². The van der Waals surface area contributed by atoms with Gasteiger partial charge in [0.05, 0.1) is 6.61 Å². The van der Waals surface area contributed by atoms with E-state index in [-0.39, 0.29) is 12.0 Å². The van der Waals surface area contributed by atoms with Crippen molar-refractivity contribution in [3.63, 3.8) is 0 Å². The molecule has 1 N–H and O–H groups in total. The summed E-state index contributed by atoms with van der Waals surface area (Å²) in [5.74, 6) is -0.130. The van der Waals surface area contributed by atoms with Gasteiger partial charge < -0.3 is 9.64 Å². The molecule has 126 valence electrons. The molecule has 0 aromatic heterocycles. The van der Waals surface area contributed by atoms with Gasteiger partial charge in [-0.3, -0.25) is 10.1 Å².